The first kappa shape index (κ1) is 13.0. The molecule has 0 atom stereocenters. The van der Waals surface area contributed by atoms with Crippen molar-refractivity contribution in [2.75, 3.05) is 0 Å². The summed E-state index contributed by atoms with van der Waals surface area (Å²) >= 11 is 3.30. The van der Waals surface area contributed by atoms with Crippen molar-refractivity contribution in [2.24, 2.45) is 0 Å². The average Bonchev–Trinajstić information content (AvgIpc) is 2.32. The molecule has 0 aliphatic carbocycles. The van der Waals surface area contributed by atoms with E-state index in [1.165, 1.54) is 0 Å². The van der Waals surface area contributed by atoms with E-state index in [9.17, 15) is 4.79 Å². The highest BCUT2D eigenvalue weighted by Crippen LogP contribution is 2.26. The van der Waals surface area contributed by atoms with Gasteiger partial charge in [0, 0.05) is 23.4 Å². The van der Waals surface area contributed by atoms with Crippen molar-refractivity contribution < 1.29 is 0 Å². The molecule has 94 valence electrons. The maximum Gasteiger partial charge on any atom is 0.265 e. The summed E-state index contributed by atoms with van der Waals surface area (Å²) in [6.45, 7) is 6.06. The molecule has 0 saturated heterocycles. The van der Waals surface area contributed by atoms with Gasteiger partial charge in [0.05, 0.1) is 5.69 Å². The first-order valence-electron chi connectivity index (χ1n) is 5.60. The van der Waals surface area contributed by atoms with Crippen molar-refractivity contribution >= 4 is 15.9 Å². The van der Waals surface area contributed by atoms with E-state index in [4.69, 9.17) is 0 Å². The van der Waals surface area contributed by atoms with Gasteiger partial charge in [-0.15, -0.1) is 0 Å². The second-order valence-corrected chi connectivity index (χ2v) is 5.86. The number of nitrogens with zero attached hydrogens (tertiary/aromatic N) is 2. The van der Waals surface area contributed by atoms with Crippen LogP contribution in [0.2, 0.25) is 0 Å². The van der Waals surface area contributed by atoms with Crippen LogP contribution in [0.25, 0.3) is 11.4 Å². The van der Waals surface area contributed by atoms with E-state index in [1.807, 2.05) is 32.9 Å². The molecule has 0 bridgehead atoms. The number of aromatic nitrogens is 3. The number of pyridine rings is 1. The molecule has 2 rings (SSSR count). The maximum atomic E-state index is 11.9. The van der Waals surface area contributed by atoms with E-state index >= 15 is 0 Å². The Bertz CT molecular complexity index is 614. The lowest BCUT2D eigenvalue weighted by molar-refractivity contribution is 0.562. The highest BCUT2D eigenvalue weighted by molar-refractivity contribution is 9.10. The van der Waals surface area contributed by atoms with E-state index in [-0.39, 0.29) is 11.0 Å². The smallest absolute Gasteiger partial charge is 0.265 e. The zero-order chi connectivity index (χ0) is 13.3. The Morgan fingerprint density at radius 2 is 2.06 bits per heavy atom. The zero-order valence-corrected chi connectivity index (χ0v) is 12.1. The van der Waals surface area contributed by atoms with Crippen LogP contribution in [0.5, 0.6) is 0 Å². The zero-order valence-electron chi connectivity index (χ0n) is 10.5. The molecule has 18 heavy (non-hydrogen) atoms. The Hall–Kier alpha value is -1.49. The molecule has 0 amide bonds. The van der Waals surface area contributed by atoms with Gasteiger partial charge in [-0.2, -0.15) is 0 Å². The van der Waals surface area contributed by atoms with Crippen LogP contribution in [0, 0.1) is 0 Å². The van der Waals surface area contributed by atoms with Gasteiger partial charge < -0.3 is 4.98 Å². The molecule has 0 aliphatic heterocycles. The monoisotopic (exact) mass is 307 g/mol. The quantitative estimate of drug-likeness (QED) is 0.881. The van der Waals surface area contributed by atoms with Gasteiger partial charge in [-0.1, -0.05) is 20.8 Å². The Balaban J connectivity index is 2.66. The summed E-state index contributed by atoms with van der Waals surface area (Å²) in [6, 6.07) is 3.68. The van der Waals surface area contributed by atoms with E-state index in [0.717, 1.165) is 11.3 Å². The Labute approximate surface area is 114 Å². The van der Waals surface area contributed by atoms with E-state index < -0.39 is 0 Å². The Morgan fingerprint density at radius 3 is 2.61 bits per heavy atom. The first-order valence-corrected chi connectivity index (χ1v) is 6.39. The number of hydrogen-bond acceptors (Lipinski definition) is 3. The van der Waals surface area contributed by atoms with Crippen molar-refractivity contribution in [3.8, 4) is 11.4 Å². The van der Waals surface area contributed by atoms with Crippen LogP contribution >= 0.6 is 15.9 Å². The summed E-state index contributed by atoms with van der Waals surface area (Å²) in [7, 11) is 0. The van der Waals surface area contributed by atoms with E-state index in [2.05, 4.69) is 30.9 Å². The van der Waals surface area contributed by atoms with Gasteiger partial charge in [0.25, 0.3) is 5.56 Å². The minimum atomic E-state index is -0.204. The van der Waals surface area contributed by atoms with Gasteiger partial charge in [0.1, 0.15) is 10.3 Å². The number of nitrogens with one attached hydrogen (secondary N) is 1. The third-order valence-electron chi connectivity index (χ3n) is 2.51. The van der Waals surface area contributed by atoms with Crippen LogP contribution in [-0.4, -0.2) is 15.0 Å². The molecular formula is C13H14BrN3O. The summed E-state index contributed by atoms with van der Waals surface area (Å²) in [5.74, 6) is 0.543. The molecule has 0 aliphatic rings. The second kappa shape index (κ2) is 4.65. The number of aromatic amines is 1. The van der Waals surface area contributed by atoms with E-state index in [1.54, 1.807) is 12.4 Å². The van der Waals surface area contributed by atoms with Crippen LogP contribution in [0.3, 0.4) is 0 Å². The second-order valence-electron chi connectivity index (χ2n) is 5.07. The van der Waals surface area contributed by atoms with Crippen LogP contribution in [0.4, 0.5) is 0 Å². The summed E-state index contributed by atoms with van der Waals surface area (Å²) < 4.78 is 0.489. The Morgan fingerprint density at radius 1 is 1.33 bits per heavy atom. The molecule has 5 heteroatoms. The van der Waals surface area contributed by atoms with Crippen LogP contribution in [0.15, 0.2) is 33.8 Å². The normalized spacial score (nSPS) is 11.6. The molecular weight excluding hydrogens is 294 g/mol. The average molecular weight is 308 g/mol. The molecule has 0 spiro atoms. The molecule has 4 nitrogen and oxygen atoms in total. The molecule has 1 N–H and O–H groups in total. The fraction of sp³-hybridized carbons (Fsp3) is 0.308. The third-order valence-corrected chi connectivity index (χ3v) is 3.24. The molecule has 0 fully saturated rings. The van der Waals surface area contributed by atoms with Crippen molar-refractivity contribution in [3.05, 3.63) is 45.0 Å². The summed E-state index contributed by atoms with van der Waals surface area (Å²) in [4.78, 5) is 23.2. The topological polar surface area (TPSA) is 58.6 Å². The standard InChI is InChI=1S/C13H14BrN3O/c1-13(2,3)10-9(14)12(18)17-11(16-10)8-5-4-6-15-7-8/h4-7H,1-3H3,(H,16,17,18). The van der Waals surface area contributed by atoms with Crippen molar-refractivity contribution in [2.45, 2.75) is 26.2 Å². The summed E-state index contributed by atoms with van der Waals surface area (Å²) in [6.07, 6.45) is 3.36. The highest BCUT2D eigenvalue weighted by Gasteiger charge is 2.22. The lowest BCUT2D eigenvalue weighted by atomic mass is 9.92. The van der Waals surface area contributed by atoms with Crippen molar-refractivity contribution in [1.82, 2.24) is 15.0 Å². The third kappa shape index (κ3) is 2.51. The van der Waals surface area contributed by atoms with Crippen LogP contribution in [-0.2, 0) is 5.41 Å². The molecule has 0 saturated carbocycles. The van der Waals surface area contributed by atoms with Gasteiger partial charge in [-0.25, -0.2) is 4.98 Å². The molecule has 0 radical (unpaired) electrons. The Kier molecular flexibility index (Phi) is 3.34. The number of rotatable bonds is 1. The molecule has 0 aromatic carbocycles. The van der Waals surface area contributed by atoms with Crippen molar-refractivity contribution in [3.63, 3.8) is 0 Å². The molecule has 0 unspecified atom stereocenters. The van der Waals surface area contributed by atoms with Gasteiger partial charge in [-0.3, -0.25) is 9.78 Å². The predicted octanol–water partition coefficient (Wildman–Crippen LogP) is 2.89. The lowest BCUT2D eigenvalue weighted by Gasteiger charge is -2.19. The number of H-pyrrole nitrogens is 1. The van der Waals surface area contributed by atoms with Gasteiger partial charge in [-0.05, 0) is 28.1 Å². The highest BCUT2D eigenvalue weighted by atomic mass is 79.9. The van der Waals surface area contributed by atoms with Crippen molar-refractivity contribution in [1.29, 1.82) is 0 Å². The SMILES string of the molecule is CC(C)(C)c1nc(-c2cccnc2)[nH]c(=O)c1Br. The van der Waals surface area contributed by atoms with Crippen LogP contribution < -0.4 is 5.56 Å². The van der Waals surface area contributed by atoms with Crippen LogP contribution in [0.1, 0.15) is 26.5 Å². The fourth-order valence-electron chi connectivity index (χ4n) is 1.60. The summed E-state index contributed by atoms with van der Waals surface area (Å²) in [5, 5.41) is 0. The minimum Gasteiger partial charge on any atom is -0.305 e. The van der Waals surface area contributed by atoms with E-state index in [0.29, 0.717) is 10.3 Å². The van der Waals surface area contributed by atoms with Gasteiger partial charge in [0.15, 0.2) is 0 Å². The van der Waals surface area contributed by atoms with Gasteiger partial charge in [0.2, 0.25) is 0 Å². The first-order chi connectivity index (χ1) is 8.39. The molecule has 2 heterocycles. The predicted molar refractivity (Wildman–Crippen MR) is 74.5 cm³/mol. The minimum absolute atomic E-state index is 0.172. The molecule has 2 aromatic rings. The maximum absolute atomic E-state index is 11.9. The summed E-state index contributed by atoms with van der Waals surface area (Å²) in [5.41, 5.74) is 1.16. The largest absolute Gasteiger partial charge is 0.305 e. The lowest BCUT2D eigenvalue weighted by Crippen LogP contribution is -2.22. The fourth-order valence-corrected chi connectivity index (χ4v) is 2.38. The molecule has 2 aromatic heterocycles. The number of halogens is 1. The van der Waals surface area contributed by atoms with Gasteiger partial charge >= 0.3 is 0 Å². The number of hydrogen-bond donors (Lipinski definition) is 1.